The summed E-state index contributed by atoms with van der Waals surface area (Å²) in [7, 11) is 3.82. The number of hydrogen-bond donors (Lipinski definition) is 1. The van der Waals surface area contributed by atoms with Crippen LogP contribution < -0.4 is 10.2 Å². The Hall–Kier alpha value is -2.24. The number of anilines is 2. The molecule has 0 saturated carbocycles. The summed E-state index contributed by atoms with van der Waals surface area (Å²) in [5.74, 6) is 0.705. The summed E-state index contributed by atoms with van der Waals surface area (Å²) < 4.78 is 0. The molecule has 2 rings (SSSR count). The molecule has 1 N–H and O–H groups in total. The van der Waals surface area contributed by atoms with Gasteiger partial charge in [0.2, 0.25) is 5.95 Å². The van der Waals surface area contributed by atoms with Crippen molar-refractivity contribution < 1.29 is 0 Å². The lowest BCUT2D eigenvalue weighted by Crippen LogP contribution is -2.13. The van der Waals surface area contributed by atoms with Crippen LogP contribution in [-0.4, -0.2) is 34.0 Å². The van der Waals surface area contributed by atoms with Crippen LogP contribution in [0.2, 0.25) is 0 Å². The summed E-state index contributed by atoms with van der Waals surface area (Å²) in [6, 6.07) is 0. The highest BCUT2D eigenvalue weighted by atomic mass is 15.2. The van der Waals surface area contributed by atoms with Gasteiger partial charge in [0.25, 0.3) is 0 Å². The predicted octanol–water partition coefficient (Wildman–Crippen LogP) is 0.945. The second kappa shape index (κ2) is 5.20. The number of rotatable bonds is 4. The molecule has 0 aliphatic rings. The van der Waals surface area contributed by atoms with E-state index in [1.54, 1.807) is 24.8 Å². The van der Waals surface area contributed by atoms with Crippen molar-refractivity contribution >= 4 is 11.6 Å². The Balaban J connectivity index is 1.96. The Bertz CT molecular complexity index is 453. The lowest BCUT2D eigenvalue weighted by Gasteiger charge is -2.10. The summed E-state index contributed by atoms with van der Waals surface area (Å²) in [5.41, 5.74) is 1.89. The summed E-state index contributed by atoms with van der Waals surface area (Å²) in [6.45, 7) is 0.654. The van der Waals surface area contributed by atoms with Crippen molar-refractivity contribution in [1.82, 2.24) is 19.9 Å². The van der Waals surface area contributed by atoms with Gasteiger partial charge in [0, 0.05) is 38.6 Å². The molecule has 0 amide bonds. The average molecular weight is 230 g/mol. The molecule has 6 heteroatoms. The Morgan fingerprint density at radius 2 is 1.71 bits per heavy atom. The first kappa shape index (κ1) is 11.3. The maximum atomic E-state index is 4.23. The Morgan fingerprint density at radius 1 is 1.06 bits per heavy atom. The van der Waals surface area contributed by atoms with Gasteiger partial charge in [0.15, 0.2) is 0 Å². The summed E-state index contributed by atoms with van der Waals surface area (Å²) in [5, 5.41) is 3.19. The summed E-state index contributed by atoms with van der Waals surface area (Å²) in [6.07, 6.45) is 8.56. The van der Waals surface area contributed by atoms with Crippen LogP contribution >= 0.6 is 0 Å². The zero-order valence-corrected chi connectivity index (χ0v) is 9.83. The van der Waals surface area contributed by atoms with Crippen molar-refractivity contribution in [3.8, 4) is 0 Å². The first-order chi connectivity index (χ1) is 8.25. The minimum absolute atomic E-state index is 0.654. The fraction of sp³-hybridized carbons (Fsp3) is 0.273. The Labute approximate surface area is 99.8 Å². The smallest absolute Gasteiger partial charge is 0.224 e. The van der Waals surface area contributed by atoms with Crippen LogP contribution in [0.4, 0.5) is 11.6 Å². The molecule has 6 nitrogen and oxygen atoms in total. The molecular formula is C11H14N6. The second-order valence-corrected chi connectivity index (χ2v) is 3.77. The first-order valence-electron chi connectivity index (χ1n) is 5.23. The second-order valence-electron chi connectivity index (χ2n) is 3.77. The lowest BCUT2D eigenvalue weighted by atomic mass is 10.3. The zero-order valence-electron chi connectivity index (χ0n) is 9.83. The van der Waals surface area contributed by atoms with Gasteiger partial charge in [-0.05, 0) is 0 Å². The highest BCUT2D eigenvalue weighted by Gasteiger charge is 1.99. The van der Waals surface area contributed by atoms with Crippen LogP contribution in [0.1, 0.15) is 5.56 Å². The molecule has 17 heavy (non-hydrogen) atoms. The van der Waals surface area contributed by atoms with Gasteiger partial charge >= 0.3 is 0 Å². The van der Waals surface area contributed by atoms with Crippen molar-refractivity contribution in [3.63, 3.8) is 0 Å². The molecule has 0 bridgehead atoms. The van der Waals surface area contributed by atoms with Crippen molar-refractivity contribution in [2.75, 3.05) is 24.3 Å². The number of nitrogens with zero attached hydrogens (tertiary/aromatic N) is 5. The van der Waals surface area contributed by atoms with E-state index in [1.165, 1.54) is 6.33 Å². The molecule has 0 aromatic carbocycles. The van der Waals surface area contributed by atoms with Crippen molar-refractivity contribution in [2.45, 2.75) is 6.54 Å². The third kappa shape index (κ3) is 3.10. The third-order valence-corrected chi connectivity index (χ3v) is 2.15. The number of hydrogen-bond acceptors (Lipinski definition) is 6. The molecule has 0 aliphatic carbocycles. The lowest BCUT2D eigenvalue weighted by molar-refractivity contribution is 0.969. The number of aromatic nitrogens is 4. The largest absolute Gasteiger partial charge is 0.378 e. The van der Waals surface area contributed by atoms with Gasteiger partial charge in [0.05, 0.1) is 18.1 Å². The maximum Gasteiger partial charge on any atom is 0.224 e. The molecule has 0 spiro atoms. The molecule has 2 heterocycles. The van der Waals surface area contributed by atoms with Crippen LogP contribution in [0, 0.1) is 0 Å². The van der Waals surface area contributed by atoms with Gasteiger partial charge in [0.1, 0.15) is 6.33 Å². The van der Waals surface area contributed by atoms with Gasteiger partial charge < -0.3 is 10.2 Å². The van der Waals surface area contributed by atoms with E-state index in [-0.39, 0.29) is 0 Å². The van der Waals surface area contributed by atoms with E-state index in [9.17, 15) is 0 Å². The molecular weight excluding hydrogens is 216 g/mol. The zero-order chi connectivity index (χ0) is 12.1. The molecule has 2 aromatic rings. The van der Waals surface area contributed by atoms with E-state index < -0.39 is 0 Å². The molecule has 0 fully saturated rings. The minimum Gasteiger partial charge on any atom is -0.378 e. The topological polar surface area (TPSA) is 66.8 Å². The van der Waals surface area contributed by atoms with Gasteiger partial charge in [-0.25, -0.2) is 19.9 Å². The van der Waals surface area contributed by atoms with Crippen molar-refractivity contribution in [1.29, 1.82) is 0 Å². The monoisotopic (exact) mass is 230 g/mol. The average Bonchev–Trinajstić information content (AvgIpc) is 2.38. The molecule has 88 valence electrons. The van der Waals surface area contributed by atoms with Crippen molar-refractivity contribution in [2.24, 2.45) is 0 Å². The van der Waals surface area contributed by atoms with Crippen LogP contribution in [-0.2, 0) is 6.54 Å². The van der Waals surface area contributed by atoms with Crippen LogP contribution in [0.5, 0.6) is 0 Å². The van der Waals surface area contributed by atoms with Crippen LogP contribution in [0.15, 0.2) is 31.1 Å². The molecule has 2 aromatic heterocycles. The SMILES string of the molecule is CN(C)c1ncc(CNc2cncnc2)cn1. The number of nitrogens with one attached hydrogen (secondary N) is 1. The quantitative estimate of drug-likeness (QED) is 0.843. The van der Waals surface area contributed by atoms with E-state index in [0.717, 1.165) is 11.3 Å². The Kier molecular flexibility index (Phi) is 3.44. The van der Waals surface area contributed by atoms with E-state index >= 15 is 0 Å². The Morgan fingerprint density at radius 3 is 2.29 bits per heavy atom. The fourth-order valence-corrected chi connectivity index (χ4v) is 1.26. The summed E-state index contributed by atoms with van der Waals surface area (Å²) >= 11 is 0. The van der Waals surface area contributed by atoms with Crippen LogP contribution in [0.3, 0.4) is 0 Å². The first-order valence-corrected chi connectivity index (χ1v) is 5.23. The van der Waals surface area contributed by atoms with Gasteiger partial charge in [-0.1, -0.05) is 0 Å². The van der Waals surface area contributed by atoms with E-state index in [1.807, 2.05) is 19.0 Å². The van der Waals surface area contributed by atoms with E-state index in [4.69, 9.17) is 0 Å². The molecule has 0 unspecified atom stereocenters. The highest BCUT2D eigenvalue weighted by molar-refractivity contribution is 5.38. The van der Waals surface area contributed by atoms with Gasteiger partial charge in [-0.2, -0.15) is 0 Å². The standard InChI is InChI=1S/C11H14N6/c1-17(2)11-15-4-9(5-16-11)3-14-10-6-12-8-13-7-10/h4-8,14H,3H2,1-2H3. The summed E-state index contributed by atoms with van der Waals surface area (Å²) in [4.78, 5) is 18.2. The fourth-order valence-electron chi connectivity index (χ4n) is 1.26. The van der Waals surface area contributed by atoms with Crippen molar-refractivity contribution in [3.05, 3.63) is 36.7 Å². The predicted molar refractivity (Wildman–Crippen MR) is 65.7 cm³/mol. The van der Waals surface area contributed by atoms with Gasteiger partial charge in [-0.3, -0.25) is 0 Å². The van der Waals surface area contributed by atoms with Gasteiger partial charge in [-0.15, -0.1) is 0 Å². The molecule has 0 saturated heterocycles. The molecule has 0 atom stereocenters. The van der Waals surface area contributed by atoms with Crippen LogP contribution in [0.25, 0.3) is 0 Å². The molecule has 0 radical (unpaired) electrons. The maximum absolute atomic E-state index is 4.23. The van der Waals surface area contributed by atoms with E-state index in [2.05, 4.69) is 25.3 Å². The van der Waals surface area contributed by atoms with E-state index in [0.29, 0.717) is 12.5 Å². The normalized spacial score (nSPS) is 10.0. The highest BCUT2D eigenvalue weighted by Crippen LogP contribution is 2.06. The third-order valence-electron chi connectivity index (χ3n) is 2.15. The minimum atomic E-state index is 0.654. The molecule has 0 aliphatic heterocycles.